The van der Waals surface area contributed by atoms with Crippen molar-refractivity contribution in [2.45, 2.75) is 6.92 Å². The maximum atomic E-state index is 11.8. The number of carbonyl (C=O) groups is 1. The monoisotopic (exact) mass is 372 g/mol. The number of carbonyl (C=O) groups excluding carboxylic acids is 1. The summed E-state index contributed by atoms with van der Waals surface area (Å²) < 4.78 is 15.6. The molecule has 0 aliphatic carbocycles. The molecule has 0 fully saturated rings. The van der Waals surface area contributed by atoms with Gasteiger partial charge in [0, 0.05) is 28.5 Å². The van der Waals surface area contributed by atoms with E-state index in [0.29, 0.717) is 11.3 Å². The number of hydrogen-bond acceptors (Lipinski definition) is 6. The Morgan fingerprint density at radius 2 is 1.92 bits per heavy atom. The first-order chi connectivity index (χ1) is 12.1. The predicted octanol–water partition coefficient (Wildman–Crippen LogP) is 4.22. The molecule has 0 spiro atoms. The number of nitrogens with zero attached hydrogens (tertiary/aromatic N) is 1. The number of hydrogen-bond donors (Lipinski definition) is 1. The highest BCUT2D eigenvalue weighted by Crippen LogP contribution is 2.36. The Kier molecular flexibility index (Phi) is 4.86. The van der Waals surface area contributed by atoms with Gasteiger partial charge in [-0.05, 0) is 43.3 Å². The van der Waals surface area contributed by atoms with E-state index in [1.807, 2.05) is 37.3 Å². The van der Waals surface area contributed by atoms with Crippen LogP contribution in [-0.2, 0) is 4.74 Å². The molecule has 3 aromatic rings. The second kappa shape index (κ2) is 7.09. The van der Waals surface area contributed by atoms with Gasteiger partial charge in [0.1, 0.15) is 0 Å². The van der Waals surface area contributed by atoms with Crippen molar-refractivity contribution in [1.29, 1.82) is 0 Å². The summed E-state index contributed by atoms with van der Waals surface area (Å²) in [5, 5.41) is 4.21. The van der Waals surface area contributed by atoms with Crippen molar-refractivity contribution >= 4 is 40.7 Å². The first-order valence-electron chi connectivity index (χ1n) is 7.80. The normalized spacial score (nSPS) is 11.8. The van der Waals surface area contributed by atoms with Crippen LogP contribution in [0, 0.1) is 6.92 Å². The van der Waals surface area contributed by atoms with Gasteiger partial charge >= 0.3 is 5.97 Å². The maximum Gasteiger partial charge on any atom is 0.337 e. The van der Waals surface area contributed by atoms with Gasteiger partial charge in [0.25, 0.3) is 0 Å². The lowest BCUT2D eigenvalue weighted by atomic mass is 10.1. The summed E-state index contributed by atoms with van der Waals surface area (Å²) in [6.45, 7) is 2.16. The van der Waals surface area contributed by atoms with E-state index >= 15 is 0 Å². The smallest absolute Gasteiger partial charge is 0.337 e. The number of halogens is 1. The Labute approximate surface area is 156 Å². The number of aromatic nitrogens is 1. The lowest BCUT2D eigenvalue weighted by molar-refractivity contribution is 0.0601. The molecule has 1 aliphatic heterocycles. The van der Waals surface area contributed by atoms with Crippen LogP contribution in [0.15, 0.2) is 42.5 Å². The predicted molar refractivity (Wildman–Crippen MR) is 101 cm³/mol. The highest BCUT2D eigenvalue weighted by atomic mass is 35.5. The molecule has 0 saturated carbocycles. The van der Waals surface area contributed by atoms with Crippen molar-refractivity contribution in [2.24, 2.45) is 0 Å². The van der Waals surface area contributed by atoms with Gasteiger partial charge in [0.05, 0.1) is 18.2 Å². The van der Waals surface area contributed by atoms with Crippen molar-refractivity contribution < 1.29 is 19.0 Å². The van der Waals surface area contributed by atoms with Gasteiger partial charge in [-0.1, -0.05) is 0 Å². The largest absolute Gasteiger partial charge is 0.465 e. The molecule has 0 unspecified atom stereocenters. The Morgan fingerprint density at radius 3 is 2.73 bits per heavy atom. The number of esters is 1. The minimum atomic E-state index is -0.378. The highest BCUT2D eigenvalue weighted by molar-refractivity contribution is 5.99. The molecule has 1 aromatic heterocycles. The van der Waals surface area contributed by atoms with Crippen molar-refractivity contribution in [3.8, 4) is 11.5 Å². The minimum Gasteiger partial charge on any atom is -0.465 e. The van der Waals surface area contributed by atoms with Crippen LogP contribution in [-0.4, -0.2) is 24.9 Å². The third kappa shape index (κ3) is 3.23. The summed E-state index contributed by atoms with van der Waals surface area (Å²) in [7, 11) is 1.37. The number of nitrogens with one attached hydrogen (secondary N) is 1. The number of anilines is 2. The molecule has 6 nitrogen and oxygen atoms in total. The van der Waals surface area contributed by atoms with Crippen molar-refractivity contribution in [1.82, 2.24) is 4.98 Å². The Balaban J connectivity index is 0.00000196. The van der Waals surface area contributed by atoms with E-state index in [0.717, 1.165) is 33.7 Å². The van der Waals surface area contributed by atoms with E-state index < -0.39 is 0 Å². The van der Waals surface area contributed by atoms with Crippen molar-refractivity contribution in [2.75, 3.05) is 19.2 Å². The van der Waals surface area contributed by atoms with Gasteiger partial charge in [-0.15, -0.1) is 12.4 Å². The SMILES string of the molecule is COC(=O)c1ccc2nc(C)cc(Nc3ccc4c(c3)OCO4)c2c1.Cl. The van der Waals surface area contributed by atoms with Crippen LogP contribution in [0.2, 0.25) is 0 Å². The van der Waals surface area contributed by atoms with Crippen LogP contribution in [0.25, 0.3) is 10.9 Å². The molecule has 134 valence electrons. The van der Waals surface area contributed by atoms with Gasteiger partial charge < -0.3 is 19.5 Å². The topological polar surface area (TPSA) is 69.7 Å². The molecular weight excluding hydrogens is 356 g/mol. The number of methoxy groups -OCH3 is 1. The molecule has 4 rings (SSSR count). The number of aryl methyl sites for hydroxylation is 1. The van der Waals surface area contributed by atoms with Crippen molar-refractivity contribution in [3.63, 3.8) is 0 Å². The summed E-state index contributed by atoms with van der Waals surface area (Å²) in [5.74, 6) is 1.06. The molecule has 0 radical (unpaired) electrons. The van der Waals surface area contributed by atoms with Crippen LogP contribution in [0.3, 0.4) is 0 Å². The number of benzene rings is 2. The molecule has 0 bridgehead atoms. The van der Waals surface area contributed by atoms with Gasteiger partial charge in [0.2, 0.25) is 6.79 Å². The summed E-state index contributed by atoms with van der Waals surface area (Å²) in [6, 6.07) is 12.9. The first kappa shape index (κ1) is 17.8. The highest BCUT2D eigenvalue weighted by Gasteiger charge is 2.14. The summed E-state index contributed by atoms with van der Waals surface area (Å²) >= 11 is 0. The molecule has 0 atom stereocenters. The molecule has 2 aromatic carbocycles. The fourth-order valence-corrected chi connectivity index (χ4v) is 2.84. The zero-order valence-electron chi connectivity index (χ0n) is 14.2. The zero-order valence-corrected chi connectivity index (χ0v) is 15.1. The van der Waals surface area contributed by atoms with Crippen LogP contribution < -0.4 is 14.8 Å². The summed E-state index contributed by atoms with van der Waals surface area (Å²) in [5.41, 5.74) is 3.87. The van der Waals surface area contributed by atoms with E-state index in [2.05, 4.69) is 10.3 Å². The third-order valence-corrected chi connectivity index (χ3v) is 4.01. The lowest BCUT2D eigenvalue weighted by Crippen LogP contribution is -2.02. The number of ether oxygens (including phenoxy) is 3. The van der Waals surface area contributed by atoms with Gasteiger partial charge in [-0.2, -0.15) is 0 Å². The second-order valence-electron chi connectivity index (χ2n) is 5.73. The third-order valence-electron chi connectivity index (χ3n) is 4.01. The summed E-state index contributed by atoms with van der Waals surface area (Å²) in [4.78, 5) is 16.4. The molecule has 7 heteroatoms. The van der Waals surface area contributed by atoms with E-state index in [-0.39, 0.29) is 25.2 Å². The van der Waals surface area contributed by atoms with Gasteiger partial charge in [-0.3, -0.25) is 4.98 Å². The van der Waals surface area contributed by atoms with E-state index in [1.54, 1.807) is 12.1 Å². The molecule has 26 heavy (non-hydrogen) atoms. The standard InChI is InChI=1S/C19H16N2O4.ClH/c1-11-7-16(21-13-4-6-17-18(9-13)25-10-24-17)14-8-12(19(22)23-2)3-5-15(14)20-11;/h3-9H,10H2,1-2H3,(H,20,21);1H. The lowest BCUT2D eigenvalue weighted by Gasteiger charge is -2.12. The molecule has 1 N–H and O–H groups in total. The van der Waals surface area contributed by atoms with Gasteiger partial charge in [-0.25, -0.2) is 4.79 Å². The van der Waals surface area contributed by atoms with Crippen molar-refractivity contribution in [3.05, 3.63) is 53.7 Å². The number of pyridine rings is 1. The Bertz CT molecular complexity index is 991. The fraction of sp³-hybridized carbons (Fsp3) is 0.158. The zero-order chi connectivity index (χ0) is 17.4. The average molecular weight is 373 g/mol. The van der Waals surface area contributed by atoms with Crippen LogP contribution in [0.4, 0.5) is 11.4 Å². The molecule has 0 amide bonds. The number of rotatable bonds is 3. The number of fused-ring (bicyclic) bond motifs is 2. The van der Waals surface area contributed by atoms with Crippen LogP contribution >= 0.6 is 12.4 Å². The fourth-order valence-electron chi connectivity index (χ4n) is 2.84. The van der Waals surface area contributed by atoms with Gasteiger partial charge in [0.15, 0.2) is 11.5 Å². The Hall–Kier alpha value is -2.99. The van der Waals surface area contributed by atoms with E-state index in [1.165, 1.54) is 7.11 Å². The van der Waals surface area contributed by atoms with E-state index in [9.17, 15) is 4.79 Å². The van der Waals surface area contributed by atoms with Crippen LogP contribution in [0.5, 0.6) is 11.5 Å². The van der Waals surface area contributed by atoms with Crippen LogP contribution in [0.1, 0.15) is 16.1 Å². The Morgan fingerprint density at radius 1 is 1.12 bits per heavy atom. The molecular formula is C19H17ClN2O4. The quantitative estimate of drug-likeness (QED) is 0.694. The second-order valence-corrected chi connectivity index (χ2v) is 5.73. The molecule has 1 aliphatic rings. The minimum absolute atomic E-state index is 0. The first-order valence-corrected chi connectivity index (χ1v) is 7.80. The molecule has 0 saturated heterocycles. The maximum absolute atomic E-state index is 11.8. The summed E-state index contributed by atoms with van der Waals surface area (Å²) in [6.07, 6.45) is 0. The van der Waals surface area contributed by atoms with E-state index in [4.69, 9.17) is 14.2 Å². The molecule has 2 heterocycles. The average Bonchev–Trinajstić information content (AvgIpc) is 3.08.